The van der Waals surface area contributed by atoms with Crippen LogP contribution in [0.1, 0.15) is 25.7 Å². The van der Waals surface area contributed by atoms with Gasteiger partial charge in [-0.15, -0.1) is 24.0 Å². The molecule has 0 radical (unpaired) electrons. The maximum atomic E-state index is 12.6. The maximum Gasteiger partial charge on any atom is 0.511 e. The Balaban J connectivity index is 0.00000450. The lowest BCUT2D eigenvalue weighted by atomic mass is 10.1. The predicted molar refractivity (Wildman–Crippen MR) is 119 cm³/mol. The number of nitrogens with zero attached hydrogens (tertiary/aromatic N) is 3. The molecule has 0 atom stereocenters. The summed E-state index contributed by atoms with van der Waals surface area (Å²) in [6, 6.07) is 4.84. The number of alkyl halides is 3. The van der Waals surface area contributed by atoms with Gasteiger partial charge in [0.25, 0.3) is 0 Å². The minimum atomic E-state index is -5.27. The summed E-state index contributed by atoms with van der Waals surface area (Å²) in [6.07, 6.45) is 3.84. The number of rotatable bonds is 7. The number of hydrogen-bond acceptors (Lipinski definition) is 4. The quantitative estimate of drug-likeness (QED) is 0.227. The van der Waals surface area contributed by atoms with Gasteiger partial charge in [0.2, 0.25) is 5.56 Å². The van der Waals surface area contributed by atoms with Crippen LogP contribution in [0.2, 0.25) is 0 Å². The van der Waals surface area contributed by atoms with Gasteiger partial charge in [0, 0.05) is 51.5 Å². The first-order chi connectivity index (χ1) is 13.6. The Kier molecular flexibility index (Phi) is 10.6. The first-order valence-corrected chi connectivity index (χ1v) is 10.8. The molecule has 13 heteroatoms. The van der Waals surface area contributed by atoms with E-state index in [1.807, 2.05) is 0 Å². The predicted octanol–water partition coefficient (Wildman–Crippen LogP) is 1.73. The average molecular weight is 565 g/mol. The molecule has 172 valence electrons. The molecule has 2 N–H and O–H groups in total. The molecule has 1 aromatic rings. The van der Waals surface area contributed by atoms with Crippen molar-refractivity contribution in [2.24, 2.45) is 4.99 Å². The Morgan fingerprint density at radius 3 is 2.47 bits per heavy atom. The van der Waals surface area contributed by atoms with Crippen molar-refractivity contribution in [3.63, 3.8) is 0 Å². The highest BCUT2D eigenvalue weighted by Gasteiger charge is 2.50. The zero-order valence-electron chi connectivity index (χ0n) is 16.6. The van der Waals surface area contributed by atoms with E-state index >= 15 is 0 Å². The average Bonchev–Trinajstić information content (AvgIpc) is 2.67. The molecule has 2 rings (SSSR count). The number of aliphatic imine (C=N–C) groups is 1. The number of hydrogen-bond donors (Lipinski definition) is 2. The molecule has 1 aromatic heterocycles. The Bertz CT molecular complexity index is 853. The molecule has 0 spiro atoms. The van der Waals surface area contributed by atoms with Gasteiger partial charge in [-0.3, -0.25) is 9.79 Å². The zero-order valence-corrected chi connectivity index (χ0v) is 19.7. The van der Waals surface area contributed by atoms with E-state index in [4.69, 9.17) is 0 Å². The van der Waals surface area contributed by atoms with E-state index in [1.165, 1.54) is 6.07 Å². The first-order valence-electron chi connectivity index (χ1n) is 9.34. The SMILES string of the molecule is CN=C(NCCCCn1ccccc1=O)NC1CCN(S(=O)(=O)C(F)(F)F)CC1.I. The van der Waals surface area contributed by atoms with Crippen molar-refractivity contribution >= 4 is 40.0 Å². The maximum absolute atomic E-state index is 12.6. The van der Waals surface area contributed by atoms with Crippen LogP contribution in [-0.2, 0) is 16.6 Å². The van der Waals surface area contributed by atoms with E-state index in [9.17, 15) is 26.4 Å². The molecule has 1 aliphatic heterocycles. The highest BCUT2D eigenvalue weighted by Crippen LogP contribution is 2.28. The van der Waals surface area contributed by atoms with Crippen molar-refractivity contribution in [2.45, 2.75) is 43.8 Å². The monoisotopic (exact) mass is 565 g/mol. The zero-order chi connectivity index (χ0) is 21.5. The summed E-state index contributed by atoms with van der Waals surface area (Å²) in [5, 5.41) is 6.24. The van der Waals surface area contributed by atoms with Crippen LogP contribution >= 0.6 is 24.0 Å². The van der Waals surface area contributed by atoms with E-state index in [1.54, 1.807) is 29.9 Å². The standard InChI is InChI=1S/C17H26F3N5O3S.HI/c1-21-16(22-9-3-5-11-24-10-4-2-6-15(24)26)23-14-7-12-25(13-8-14)29(27,28)17(18,19)20;/h2,4,6,10,14H,3,5,7-9,11-13H2,1H3,(H2,21,22,23);1H. The molecule has 1 saturated heterocycles. The van der Waals surface area contributed by atoms with Crippen molar-refractivity contribution in [3.8, 4) is 0 Å². The fourth-order valence-corrected chi connectivity index (χ4v) is 4.02. The van der Waals surface area contributed by atoms with E-state index in [0.717, 1.165) is 12.8 Å². The minimum absolute atomic E-state index is 0. The molecular formula is C17H27F3IN5O3S. The third-order valence-electron chi connectivity index (χ3n) is 4.67. The van der Waals surface area contributed by atoms with Crippen molar-refractivity contribution < 1.29 is 21.6 Å². The Labute approximate surface area is 191 Å². The van der Waals surface area contributed by atoms with Crippen molar-refractivity contribution in [3.05, 3.63) is 34.7 Å². The van der Waals surface area contributed by atoms with Crippen LogP contribution in [0, 0.1) is 0 Å². The summed E-state index contributed by atoms with van der Waals surface area (Å²) >= 11 is 0. The molecule has 0 saturated carbocycles. The summed E-state index contributed by atoms with van der Waals surface area (Å²) in [7, 11) is -3.68. The van der Waals surface area contributed by atoms with Crippen molar-refractivity contribution in [2.75, 3.05) is 26.7 Å². The molecular weight excluding hydrogens is 538 g/mol. The molecule has 0 unspecified atom stereocenters. The largest absolute Gasteiger partial charge is 0.511 e. The smallest absolute Gasteiger partial charge is 0.356 e. The number of piperidine rings is 1. The molecule has 0 amide bonds. The van der Waals surface area contributed by atoms with Gasteiger partial charge in [-0.1, -0.05) is 6.07 Å². The van der Waals surface area contributed by atoms with Crippen LogP contribution in [0.15, 0.2) is 34.2 Å². The van der Waals surface area contributed by atoms with E-state index in [2.05, 4.69) is 15.6 Å². The number of pyridine rings is 1. The number of sulfonamides is 1. The summed E-state index contributed by atoms with van der Waals surface area (Å²) < 4.78 is 62.9. The number of nitrogens with one attached hydrogen (secondary N) is 2. The van der Waals surface area contributed by atoms with Gasteiger partial charge in [-0.25, -0.2) is 8.42 Å². The Hall–Kier alpha value is -1.35. The topological polar surface area (TPSA) is 95.8 Å². The Morgan fingerprint density at radius 1 is 1.23 bits per heavy atom. The molecule has 1 fully saturated rings. The van der Waals surface area contributed by atoms with Gasteiger partial charge in [-0.05, 0) is 31.7 Å². The third-order valence-corrected chi connectivity index (χ3v) is 6.30. The molecule has 0 aliphatic carbocycles. The molecule has 1 aliphatic rings. The summed E-state index contributed by atoms with van der Waals surface area (Å²) in [6.45, 7) is 0.840. The van der Waals surface area contributed by atoms with Crippen LogP contribution in [0.4, 0.5) is 13.2 Å². The van der Waals surface area contributed by atoms with Crippen LogP contribution in [0.3, 0.4) is 0 Å². The highest BCUT2D eigenvalue weighted by molar-refractivity contribution is 14.0. The fraction of sp³-hybridized carbons (Fsp3) is 0.647. The second-order valence-electron chi connectivity index (χ2n) is 6.71. The number of aryl methyl sites for hydroxylation is 1. The van der Waals surface area contributed by atoms with Gasteiger partial charge in [0.05, 0.1) is 0 Å². The van der Waals surface area contributed by atoms with E-state index in [-0.39, 0.29) is 61.5 Å². The summed E-state index contributed by atoms with van der Waals surface area (Å²) in [4.78, 5) is 15.7. The second-order valence-corrected chi connectivity index (χ2v) is 8.64. The lowest BCUT2D eigenvalue weighted by molar-refractivity contribution is -0.0494. The van der Waals surface area contributed by atoms with E-state index < -0.39 is 15.5 Å². The van der Waals surface area contributed by atoms with Gasteiger partial charge >= 0.3 is 15.5 Å². The Morgan fingerprint density at radius 2 is 1.90 bits per heavy atom. The second kappa shape index (κ2) is 11.9. The van der Waals surface area contributed by atoms with Gasteiger partial charge in [0.15, 0.2) is 5.96 Å². The highest BCUT2D eigenvalue weighted by atomic mass is 127. The van der Waals surface area contributed by atoms with Crippen molar-refractivity contribution in [1.29, 1.82) is 0 Å². The first kappa shape index (κ1) is 26.7. The van der Waals surface area contributed by atoms with Gasteiger partial charge in [0.1, 0.15) is 0 Å². The molecule has 8 nitrogen and oxygen atoms in total. The van der Waals surface area contributed by atoms with Gasteiger partial charge in [-0.2, -0.15) is 17.5 Å². The van der Waals surface area contributed by atoms with Crippen LogP contribution in [0.5, 0.6) is 0 Å². The number of halogens is 4. The van der Waals surface area contributed by atoms with E-state index in [0.29, 0.717) is 23.4 Å². The lowest BCUT2D eigenvalue weighted by Crippen LogP contribution is -2.51. The number of aromatic nitrogens is 1. The number of unbranched alkanes of at least 4 members (excludes halogenated alkanes) is 1. The molecule has 30 heavy (non-hydrogen) atoms. The summed E-state index contributed by atoms with van der Waals surface area (Å²) in [5.41, 5.74) is -5.31. The lowest BCUT2D eigenvalue weighted by Gasteiger charge is -2.32. The third kappa shape index (κ3) is 7.41. The summed E-state index contributed by atoms with van der Waals surface area (Å²) in [5.74, 6) is 0.513. The van der Waals surface area contributed by atoms with Crippen molar-refractivity contribution in [1.82, 2.24) is 19.5 Å². The molecule has 0 bridgehead atoms. The molecule has 2 heterocycles. The minimum Gasteiger partial charge on any atom is -0.356 e. The van der Waals surface area contributed by atoms with Crippen LogP contribution in [0.25, 0.3) is 0 Å². The normalized spacial score (nSPS) is 16.7. The fourth-order valence-electron chi connectivity index (χ4n) is 3.03. The van der Waals surface area contributed by atoms with Gasteiger partial charge < -0.3 is 15.2 Å². The number of guanidine groups is 1. The van der Waals surface area contributed by atoms with Crippen LogP contribution in [-0.4, -0.2) is 61.5 Å². The van der Waals surface area contributed by atoms with Crippen LogP contribution < -0.4 is 16.2 Å². The molecule has 0 aromatic carbocycles.